The molecule has 0 unspecified atom stereocenters. The van der Waals surface area contributed by atoms with Crippen LogP contribution in [0.5, 0.6) is 0 Å². The maximum Gasteiger partial charge on any atom is 0.142 e. The highest BCUT2D eigenvalue weighted by Crippen LogP contribution is 2.25. The first kappa shape index (κ1) is 10.5. The van der Waals surface area contributed by atoms with Crippen molar-refractivity contribution in [2.24, 2.45) is 0 Å². The summed E-state index contributed by atoms with van der Waals surface area (Å²) >= 11 is 5.97. The summed E-state index contributed by atoms with van der Waals surface area (Å²) in [5, 5.41) is 4.96. The van der Waals surface area contributed by atoms with E-state index in [4.69, 9.17) is 11.6 Å². The van der Waals surface area contributed by atoms with Crippen LogP contribution in [-0.2, 0) is 0 Å². The molecule has 0 spiro atoms. The molecule has 4 aromatic rings. The van der Waals surface area contributed by atoms with Gasteiger partial charge in [0.15, 0.2) is 0 Å². The molecule has 1 N–H and O–H groups in total. The number of halogens is 1. The number of H-pyrrole nitrogens is 1. The quantitative estimate of drug-likeness (QED) is 0.578. The van der Waals surface area contributed by atoms with E-state index in [0.717, 1.165) is 27.9 Å². The number of aromatic nitrogens is 5. The summed E-state index contributed by atoms with van der Waals surface area (Å²) in [6, 6.07) is 5.57. The third-order valence-electron chi connectivity index (χ3n) is 3.02. The average Bonchev–Trinajstić information content (AvgIpc) is 3.00. The van der Waals surface area contributed by atoms with Crippen LogP contribution in [-0.4, -0.2) is 24.6 Å². The maximum atomic E-state index is 5.97. The van der Waals surface area contributed by atoms with Gasteiger partial charge < -0.3 is 4.98 Å². The molecule has 0 atom stereocenters. The topological polar surface area (TPSA) is 58.9 Å². The molecule has 0 bridgehead atoms. The first-order valence-corrected chi connectivity index (χ1v) is 6.12. The number of benzene rings is 1. The molecule has 0 fully saturated rings. The Morgan fingerprint density at radius 3 is 3.11 bits per heavy atom. The molecule has 19 heavy (non-hydrogen) atoms. The standard InChI is InChI=1S/C13H8ClN5/c14-8-1-2-10-11(5-8)18-13(17-10)9-6-16-19-4-3-15-7-12(9)19/h1-7H,(H,17,18). The largest absolute Gasteiger partial charge is 0.338 e. The fraction of sp³-hybridized carbons (Fsp3) is 0. The van der Waals surface area contributed by atoms with Crippen LogP contribution in [0.15, 0.2) is 43.0 Å². The molecule has 1 aromatic carbocycles. The Labute approximate surface area is 112 Å². The number of imidazole rings is 1. The lowest BCUT2D eigenvalue weighted by molar-refractivity contribution is 0.946. The van der Waals surface area contributed by atoms with Gasteiger partial charge in [0.1, 0.15) is 5.82 Å². The lowest BCUT2D eigenvalue weighted by Gasteiger charge is -1.93. The molecule has 6 heteroatoms. The van der Waals surface area contributed by atoms with Gasteiger partial charge in [-0.1, -0.05) is 11.6 Å². The zero-order valence-corrected chi connectivity index (χ0v) is 10.5. The van der Waals surface area contributed by atoms with Crippen molar-refractivity contribution in [3.8, 4) is 11.4 Å². The van der Waals surface area contributed by atoms with Crippen LogP contribution in [0.4, 0.5) is 0 Å². The molecule has 0 saturated carbocycles. The van der Waals surface area contributed by atoms with Crippen molar-refractivity contribution in [3.05, 3.63) is 48.0 Å². The number of nitrogens with one attached hydrogen (secondary N) is 1. The zero-order chi connectivity index (χ0) is 12.8. The van der Waals surface area contributed by atoms with E-state index in [9.17, 15) is 0 Å². The summed E-state index contributed by atoms with van der Waals surface area (Å²) in [4.78, 5) is 11.9. The van der Waals surface area contributed by atoms with E-state index in [0.29, 0.717) is 5.02 Å². The Morgan fingerprint density at radius 2 is 2.16 bits per heavy atom. The molecular weight excluding hydrogens is 262 g/mol. The van der Waals surface area contributed by atoms with Crippen molar-refractivity contribution in [2.45, 2.75) is 0 Å². The third kappa shape index (κ3) is 1.59. The first-order chi connectivity index (χ1) is 9.31. The van der Waals surface area contributed by atoms with Gasteiger partial charge in [-0.3, -0.25) is 4.98 Å². The highest BCUT2D eigenvalue weighted by molar-refractivity contribution is 6.31. The van der Waals surface area contributed by atoms with Crippen LogP contribution < -0.4 is 0 Å². The predicted molar refractivity (Wildman–Crippen MR) is 73.1 cm³/mol. The van der Waals surface area contributed by atoms with Gasteiger partial charge in [0.25, 0.3) is 0 Å². The fourth-order valence-electron chi connectivity index (χ4n) is 2.13. The van der Waals surface area contributed by atoms with E-state index in [1.807, 2.05) is 18.2 Å². The molecule has 4 rings (SSSR count). The van der Waals surface area contributed by atoms with Crippen molar-refractivity contribution in [3.63, 3.8) is 0 Å². The molecule has 0 aliphatic heterocycles. The summed E-state index contributed by atoms with van der Waals surface area (Å²) in [6.45, 7) is 0. The van der Waals surface area contributed by atoms with Crippen LogP contribution in [0.3, 0.4) is 0 Å². The minimum atomic E-state index is 0.684. The van der Waals surface area contributed by atoms with Crippen LogP contribution in [0.2, 0.25) is 5.02 Å². The SMILES string of the molecule is Clc1ccc2nc(-c3cnn4ccncc34)[nH]c2c1. The van der Waals surface area contributed by atoms with Gasteiger partial charge in [0.05, 0.1) is 34.5 Å². The van der Waals surface area contributed by atoms with Gasteiger partial charge >= 0.3 is 0 Å². The number of aromatic amines is 1. The summed E-state index contributed by atoms with van der Waals surface area (Å²) in [5.41, 5.74) is 3.61. The molecule has 0 amide bonds. The van der Waals surface area contributed by atoms with Gasteiger partial charge in [-0.15, -0.1) is 0 Å². The minimum Gasteiger partial charge on any atom is -0.338 e. The molecule has 0 radical (unpaired) electrons. The second kappa shape index (κ2) is 3.80. The normalized spacial score (nSPS) is 11.4. The van der Waals surface area contributed by atoms with Gasteiger partial charge in [-0.25, -0.2) is 9.50 Å². The number of hydrogen-bond acceptors (Lipinski definition) is 3. The second-order valence-electron chi connectivity index (χ2n) is 4.21. The van der Waals surface area contributed by atoms with Crippen LogP contribution in [0.25, 0.3) is 27.9 Å². The molecule has 3 aromatic heterocycles. The highest BCUT2D eigenvalue weighted by atomic mass is 35.5. The summed E-state index contributed by atoms with van der Waals surface area (Å²) in [6.07, 6.45) is 7.04. The van der Waals surface area contributed by atoms with Crippen molar-refractivity contribution >= 4 is 28.2 Å². The maximum absolute atomic E-state index is 5.97. The van der Waals surface area contributed by atoms with E-state index in [-0.39, 0.29) is 0 Å². The minimum absolute atomic E-state index is 0.684. The van der Waals surface area contributed by atoms with Crippen molar-refractivity contribution in [2.75, 3.05) is 0 Å². The Balaban J connectivity index is 1.99. The van der Waals surface area contributed by atoms with Gasteiger partial charge in [-0.2, -0.15) is 5.10 Å². The molecule has 3 heterocycles. The Morgan fingerprint density at radius 1 is 1.21 bits per heavy atom. The Bertz CT molecular complexity index is 892. The van der Waals surface area contributed by atoms with Gasteiger partial charge in [0.2, 0.25) is 0 Å². The summed E-state index contributed by atoms with van der Waals surface area (Å²) < 4.78 is 1.77. The van der Waals surface area contributed by atoms with Gasteiger partial charge in [-0.05, 0) is 18.2 Å². The predicted octanol–water partition coefficient (Wildman–Crippen LogP) is 2.93. The monoisotopic (exact) mass is 269 g/mol. The molecule has 92 valence electrons. The second-order valence-corrected chi connectivity index (χ2v) is 4.65. The summed E-state index contributed by atoms with van der Waals surface area (Å²) in [7, 11) is 0. The Hall–Kier alpha value is -2.40. The van der Waals surface area contributed by atoms with Crippen molar-refractivity contribution in [1.82, 2.24) is 24.6 Å². The van der Waals surface area contributed by atoms with E-state index in [2.05, 4.69) is 20.1 Å². The zero-order valence-electron chi connectivity index (χ0n) is 9.71. The van der Waals surface area contributed by atoms with E-state index < -0.39 is 0 Å². The first-order valence-electron chi connectivity index (χ1n) is 5.74. The van der Waals surface area contributed by atoms with Crippen LogP contribution in [0, 0.1) is 0 Å². The smallest absolute Gasteiger partial charge is 0.142 e. The molecule has 5 nitrogen and oxygen atoms in total. The van der Waals surface area contributed by atoms with E-state index in [1.165, 1.54) is 0 Å². The number of fused-ring (bicyclic) bond motifs is 2. The fourth-order valence-corrected chi connectivity index (χ4v) is 2.30. The molecule has 0 aliphatic carbocycles. The molecule has 0 aliphatic rings. The number of hydrogen-bond donors (Lipinski definition) is 1. The molecular formula is C13H8ClN5. The van der Waals surface area contributed by atoms with Gasteiger partial charge in [0, 0.05) is 17.4 Å². The van der Waals surface area contributed by atoms with Crippen molar-refractivity contribution in [1.29, 1.82) is 0 Å². The number of rotatable bonds is 1. The Kier molecular flexibility index (Phi) is 2.10. The van der Waals surface area contributed by atoms with E-state index >= 15 is 0 Å². The van der Waals surface area contributed by atoms with Crippen molar-refractivity contribution < 1.29 is 0 Å². The van der Waals surface area contributed by atoms with Crippen LogP contribution in [0.1, 0.15) is 0 Å². The third-order valence-corrected chi connectivity index (χ3v) is 3.26. The summed E-state index contributed by atoms with van der Waals surface area (Å²) in [5.74, 6) is 0.764. The lowest BCUT2D eigenvalue weighted by Crippen LogP contribution is -1.86. The van der Waals surface area contributed by atoms with E-state index in [1.54, 1.807) is 29.3 Å². The average molecular weight is 270 g/mol. The molecule has 0 saturated heterocycles. The highest BCUT2D eigenvalue weighted by Gasteiger charge is 2.11. The lowest BCUT2D eigenvalue weighted by atomic mass is 10.3. The number of nitrogens with zero attached hydrogens (tertiary/aromatic N) is 4. The van der Waals surface area contributed by atoms with Crippen LogP contribution >= 0.6 is 11.6 Å².